The van der Waals surface area contributed by atoms with E-state index in [1.807, 2.05) is 30.3 Å². The van der Waals surface area contributed by atoms with E-state index in [1.54, 1.807) is 7.11 Å². The van der Waals surface area contributed by atoms with Gasteiger partial charge in [0.1, 0.15) is 0 Å². The molecular weight excluding hydrogens is 260 g/mol. The van der Waals surface area contributed by atoms with E-state index < -0.39 is 17.7 Å². The average molecular weight is 277 g/mol. The van der Waals surface area contributed by atoms with Crippen LogP contribution in [0.5, 0.6) is 0 Å². The van der Waals surface area contributed by atoms with Gasteiger partial charge in [-0.1, -0.05) is 42.5 Å². The van der Waals surface area contributed by atoms with Crippen molar-refractivity contribution in [2.75, 3.05) is 7.11 Å². The topological polar surface area (TPSA) is 35.2 Å². The zero-order chi connectivity index (χ0) is 14.5. The first kappa shape index (κ1) is 14.6. The summed E-state index contributed by atoms with van der Waals surface area (Å²) in [4.78, 5) is 0. The predicted molar refractivity (Wildman–Crippen MR) is 74.2 cm³/mol. The van der Waals surface area contributed by atoms with E-state index in [0.29, 0.717) is 0 Å². The van der Waals surface area contributed by atoms with Gasteiger partial charge in [-0.3, -0.25) is 0 Å². The summed E-state index contributed by atoms with van der Waals surface area (Å²) < 4.78 is 32.2. The van der Waals surface area contributed by atoms with E-state index in [4.69, 9.17) is 10.5 Å². The van der Waals surface area contributed by atoms with Gasteiger partial charge in [0, 0.05) is 13.2 Å². The molecule has 0 aliphatic heterocycles. The molecule has 0 spiro atoms. The fourth-order valence-corrected chi connectivity index (χ4v) is 2.27. The molecule has 0 amide bonds. The summed E-state index contributed by atoms with van der Waals surface area (Å²) in [5.74, 6) is -1.70. The van der Waals surface area contributed by atoms with Crippen LogP contribution >= 0.6 is 0 Å². The highest BCUT2D eigenvalue weighted by molar-refractivity contribution is 5.23. The molecule has 0 aliphatic carbocycles. The van der Waals surface area contributed by atoms with Gasteiger partial charge in [-0.15, -0.1) is 0 Å². The van der Waals surface area contributed by atoms with Gasteiger partial charge in [0.15, 0.2) is 11.6 Å². The molecule has 2 unspecified atom stereocenters. The zero-order valence-electron chi connectivity index (χ0n) is 11.2. The largest absolute Gasteiger partial charge is 0.375 e. The maximum absolute atomic E-state index is 13.7. The van der Waals surface area contributed by atoms with Gasteiger partial charge in [0.2, 0.25) is 0 Å². The molecule has 2 atom stereocenters. The number of ether oxygens (including phenoxy) is 1. The molecule has 0 fully saturated rings. The van der Waals surface area contributed by atoms with Gasteiger partial charge >= 0.3 is 0 Å². The van der Waals surface area contributed by atoms with E-state index in [-0.39, 0.29) is 18.1 Å². The highest BCUT2D eigenvalue weighted by Crippen LogP contribution is 2.23. The molecule has 0 heterocycles. The van der Waals surface area contributed by atoms with Crippen LogP contribution in [0.1, 0.15) is 17.2 Å². The molecule has 106 valence electrons. The number of nitrogens with two attached hydrogens (primary N) is 1. The Labute approximate surface area is 117 Å². The van der Waals surface area contributed by atoms with Crippen molar-refractivity contribution in [2.24, 2.45) is 5.73 Å². The molecule has 4 heteroatoms. The maximum atomic E-state index is 13.7. The summed E-state index contributed by atoms with van der Waals surface area (Å²) in [5, 5.41) is 0. The number of methoxy groups -OCH3 is 1. The third-order valence-electron chi connectivity index (χ3n) is 3.26. The lowest BCUT2D eigenvalue weighted by Crippen LogP contribution is -2.32. The number of halogens is 2. The van der Waals surface area contributed by atoms with Gasteiger partial charge in [-0.05, 0) is 23.6 Å². The summed E-state index contributed by atoms with van der Waals surface area (Å²) in [7, 11) is 1.56. The van der Waals surface area contributed by atoms with Gasteiger partial charge in [-0.25, -0.2) is 8.78 Å². The van der Waals surface area contributed by atoms with E-state index >= 15 is 0 Å². The molecule has 0 aliphatic rings. The van der Waals surface area contributed by atoms with Crippen molar-refractivity contribution in [3.8, 4) is 0 Å². The first-order chi connectivity index (χ1) is 9.63. The minimum atomic E-state index is -0.858. The van der Waals surface area contributed by atoms with Gasteiger partial charge in [0.05, 0.1) is 6.10 Å². The molecule has 0 saturated heterocycles. The lowest BCUT2D eigenvalue weighted by atomic mass is 9.96. The third-order valence-corrected chi connectivity index (χ3v) is 3.26. The van der Waals surface area contributed by atoms with E-state index in [0.717, 1.165) is 11.6 Å². The Morgan fingerprint density at radius 2 is 1.75 bits per heavy atom. The van der Waals surface area contributed by atoms with Crippen molar-refractivity contribution < 1.29 is 13.5 Å². The van der Waals surface area contributed by atoms with Crippen LogP contribution in [-0.4, -0.2) is 13.2 Å². The second-order valence-electron chi connectivity index (χ2n) is 4.65. The van der Waals surface area contributed by atoms with E-state index in [2.05, 4.69) is 0 Å². The van der Waals surface area contributed by atoms with Crippen molar-refractivity contribution in [2.45, 2.75) is 18.6 Å². The van der Waals surface area contributed by atoms with Crippen LogP contribution in [0.4, 0.5) is 8.78 Å². The van der Waals surface area contributed by atoms with Crippen LogP contribution in [0.25, 0.3) is 0 Å². The van der Waals surface area contributed by atoms with Crippen LogP contribution in [0, 0.1) is 11.6 Å². The van der Waals surface area contributed by atoms with Crippen LogP contribution in [-0.2, 0) is 11.2 Å². The van der Waals surface area contributed by atoms with Gasteiger partial charge in [-0.2, -0.15) is 0 Å². The molecule has 0 aromatic heterocycles. The molecule has 0 saturated carbocycles. The van der Waals surface area contributed by atoms with Crippen LogP contribution in [0.2, 0.25) is 0 Å². The second-order valence-corrected chi connectivity index (χ2v) is 4.65. The van der Waals surface area contributed by atoms with Crippen LogP contribution in [0.15, 0.2) is 48.5 Å². The molecular formula is C16H17F2NO. The summed E-state index contributed by atoms with van der Waals surface area (Å²) >= 11 is 0. The predicted octanol–water partition coefficient (Wildman–Crippen LogP) is 3.22. The number of rotatable bonds is 5. The first-order valence-corrected chi connectivity index (χ1v) is 6.39. The quantitative estimate of drug-likeness (QED) is 0.910. The Morgan fingerprint density at radius 3 is 2.40 bits per heavy atom. The monoisotopic (exact) mass is 277 g/mol. The van der Waals surface area contributed by atoms with Crippen molar-refractivity contribution in [3.63, 3.8) is 0 Å². The molecule has 0 radical (unpaired) electrons. The maximum Gasteiger partial charge on any atom is 0.162 e. The lowest BCUT2D eigenvalue weighted by molar-refractivity contribution is 0.0800. The van der Waals surface area contributed by atoms with Gasteiger partial charge < -0.3 is 10.5 Å². The Bertz CT molecular complexity index is 560. The highest BCUT2D eigenvalue weighted by Gasteiger charge is 2.21. The fourth-order valence-electron chi connectivity index (χ4n) is 2.27. The first-order valence-electron chi connectivity index (χ1n) is 6.39. The zero-order valence-corrected chi connectivity index (χ0v) is 11.2. The molecule has 2 rings (SSSR count). The van der Waals surface area contributed by atoms with Crippen LogP contribution in [0.3, 0.4) is 0 Å². The number of hydrogen-bond donors (Lipinski definition) is 1. The van der Waals surface area contributed by atoms with Crippen molar-refractivity contribution in [3.05, 3.63) is 71.3 Å². The molecule has 20 heavy (non-hydrogen) atoms. The SMILES string of the molecule is COC(c1ccccc1)C(N)Cc1cccc(F)c1F. The van der Waals surface area contributed by atoms with Crippen molar-refractivity contribution >= 4 is 0 Å². The summed E-state index contributed by atoms with van der Waals surface area (Å²) in [5.41, 5.74) is 7.27. The molecule has 2 aromatic carbocycles. The normalized spacial score (nSPS) is 14.0. The van der Waals surface area contributed by atoms with Crippen molar-refractivity contribution in [1.29, 1.82) is 0 Å². The Kier molecular flexibility index (Phi) is 4.82. The van der Waals surface area contributed by atoms with Crippen LogP contribution < -0.4 is 5.73 Å². The third kappa shape index (κ3) is 3.21. The Hall–Kier alpha value is -1.78. The van der Waals surface area contributed by atoms with E-state index in [1.165, 1.54) is 12.1 Å². The smallest absolute Gasteiger partial charge is 0.162 e. The van der Waals surface area contributed by atoms with Gasteiger partial charge in [0.25, 0.3) is 0 Å². The Balaban J connectivity index is 2.18. The van der Waals surface area contributed by atoms with Crippen molar-refractivity contribution in [1.82, 2.24) is 0 Å². The fraction of sp³-hybridized carbons (Fsp3) is 0.250. The highest BCUT2D eigenvalue weighted by atomic mass is 19.2. The number of hydrogen-bond acceptors (Lipinski definition) is 2. The molecule has 2 N–H and O–H groups in total. The summed E-state index contributed by atoms with van der Waals surface area (Å²) in [6, 6.07) is 13.1. The molecule has 2 nitrogen and oxygen atoms in total. The van der Waals surface area contributed by atoms with E-state index in [9.17, 15) is 8.78 Å². The summed E-state index contributed by atoms with van der Waals surface area (Å²) in [6.07, 6.45) is -0.157. The number of benzene rings is 2. The summed E-state index contributed by atoms with van der Waals surface area (Å²) in [6.45, 7) is 0. The molecule has 0 bridgehead atoms. The average Bonchev–Trinajstić information content (AvgIpc) is 2.46. The minimum absolute atomic E-state index is 0.205. The lowest BCUT2D eigenvalue weighted by Gasteiger charge is -2.23. The Morgan fingerprint density at radius 1 is 1.05 bits per heavy atom. The second kappa shape index (κ2) is 6.59. The minimum Gasteiger partial charge on any atom is -0.375 e. The molecule has 2 aromatic rings. The standard InChI is InChI=1S/C16H17F2NO/c1-20-16(11-6-3-2-4-7-11)14(19)10-12-8-5-9-13(17)15(12)18/h2-9,14,16H,10,19H2,1H3.